The van der Waals surface area contributed by atoms with Gasteiger partial charge < -0.3 is 20.1 Å². The van der Waals surface area contributed by atoms with Crippen molar-refractivity contribution in [3.63, 3.8) is 0 Å². The van der Waals surface area contributed by atoms with Crippen molar-refractivity contribution in [2.45, 2.75) is 32.6 Å². The Bertz CT molecular complexity index is 1200. The Balaban J connectivity index is 2.04. The van der Waals surface area contributed by atoms with Gasteiger partial charge in [0.25, 0.3) is 5.56 Å². The molecule has 1 atom stereocenters. The molecule has 4 rings (SSSR count). The molecule has 0 bridgehead atoms. The first-order chi connectivity index (χ1) is 13.6. The number of hydrogen-bond acceptors (Lipinski definition) is 6. The standard InChI is InChI=1S/C20H20BrN3O4S/c1-20(2)6-10-14(11(25)7-20)13(8-4-9(21)16(26)12(5-8)28-3)15-17(22-10)23-19(29)24-18(15)27/h4-5,13,26H,6-7H2,1-3H3,(H3,22,23,24,27,29). The fourth-order valence-electron chi connectivity index (χ4n) is 4.20. The van der Waals surface area contributed by atoms with Gasteiger partial charge >= 0.3 is 0 Å². The van der Waals surface area contributed by atoms with Gasteiger partial charge in [-0.2, -0.15) is 0 Å². The molecule has 29 heavy (non-hydrogen) atoms. The minimum Gasteiger partial charge on any atom is -0.503 e. The average molecular weight is 478 g/mol. The first-order valence-electron chi connectivity index (χ1n) is 9.07. The fourth-order valence-corrected chi connectivity index (χ4v) is 4.85. The van der Waals surface area contributed by atoms with E-state index in [1.54, 1.807) is 12.1 Å². The summed E-state index contributed by atoms with van der Waals surface area (Å²) >= 11 is 8.48. The van der Waals surface area contributed by atoms with Crippen LogP contribution in [0.5, 0.6) is 11.5 Å². The van der Waals surface area contributed by atoms with Gasteiger partial charge in [0.2, 0.25) is 0 Å². The van der Waals surface area contributed by atoms with Crippen molar-refractivity contribution >= 4 is 39.7 Å². The van der Waals surface area contributed by atoms with Crippen molar-refractivity contribution < 1.29 is 14.6 Å². The third-order valence-electron chi connectivity index (χ3n) is 5.36. The minimum atomic E-state index is -0.619. The van der Waals surface area contributed by atoms with Crippen LogP contribution in [-0.2, 0) is 4.79 Å². The molecule has 2 aliphatic rings. The first kappa shape index (κ1) is 19.9. The lowest BCUT2D eigenvalue weighted by molar-refractivity contribution is -0.118. The van der Waals surface area contributed by atoms with E-state index in [1.165, 1.54) is 7.11 Å². The Morgan fingerprint density at radius 2 is 1.97 bits per heavy atom. The molecule has 0 radical (unpaired) electrons. The average Bonchev–Trinajstić information content (AvgIpc) is 2.60. The lowest BCUT2D eigenvalue weighted by Crippen LogP contribution is -2.36. The number of phenolic OH excluding ortho intramolecular Hbond substituents is 1. The Kier molecular flexibility index (Phi) is 4.70. The summed E-state index contributed by atoms with van der Waals surface area (Å²) in [6.45, 7) is 4.09. The number of benzene rings is 1. The van der Waals surface area contributed by atoms with Gasteiger partial charge in [-0.25, -0.2) is 0 Å². The highest BCUT2D eigenvalue weighted by molar-refractivity contribution is 9.10. The van der Waals surface area contributed by atoms with Crippen molar-refractivity contribution in [1.82, 2.24) is 9.97 Å². The maximum absolute atomic E-state index is 13.2. The molecular weight excluding hydrogens is 458 g/mol. The molecular formula is C20H20BrN3O4S. The lowest BCUT2D eigenvalue weighted by Gasteiger charge is -2.38. The summed E-state index contributed by atoms with van der Waals surface area (Å²) in [7, 11) is 1.45. The van der Waals surface area contributed by atoms with Gasteiger partial charge in [0, 0.05) is 23.6 Å². The Hall–Kier alpha value is -2.39. The summed E-state index contributed by atoms with van der Waals surface area (Å²) in [5.74, 6) is 0.0596. The molecule has 0 amide bonds. The molecule has 0 saturated heterocycles. The number of halogens is 1. The number of rotatable bonds is 2. The molecule has 0 fully saturated rings. The van der Waals surface area contributed by atoms with Gasteiger partial charge in [-0.1, -0.05) is 13.8 Å². The van der Waals surface area contributed by atoms with Crippen molar-refractivity contribution in [3.8, 4) is 11.5 Å². The Morgan fingerprint density at radius 1 is 1.24 bits per heavy atom. The number of carbonyl (C=O) groups excluding carboxylic acids is 1. The van der Waals surface area contributed by atoms with Crippen LogP contribution < -0.4 is 15.6 Å². The number of hydrogen-bond donors (Lipinski definition) is 4. The topological polar surface area (TPSA) is 107 Å². The zero-order chi connectivity index (χ0) is 21.1. The van der Waals surface area contributed by atoms with Crippen LogP contribution in [0.4, 0.5) is 5.82 Å². The summed E-state index contributed by atoms with van der Waals surface area (Å²) in [5, 5.41) is 13.5. The highest BCUT2D eigenvalue weighted by atomic mass is 79.9. The van der Waals surface area contributed by atoms with Gasteiger partial charge in [-0.05, 0) is 57.7 Å². The van der Waals surface area contributed by atoms with E-state index in [4.69, 9.17) is 17.0 Å². The number of anilines is 1. The van der Waals surface area contributed by atoms with Gasteiger partial charge in [0.1, 0.15) is 5.82 Å². The first-order valence-corrected chi connectivity index (χ1v) is 10.3. The molecule has 7 nitrogen and oxygen atoms in total. The molecule has 0 spiro atoms. The summed E-state index contributed by atoms with van der Waals surface area (Å²) < 4.78 is 5.90. The van der Waals surface area contributed by atoms with E-state index in [0.717, 1.165) is 5.70 Å². The van der Waals surface area contributed by atoms with Crippen molar-refractivity contribution in [2.24, 2.45) is 5.41 Å². The number of fused-ring (bicyclic) bond motifs is 1. The number of Topliss-reactive ketones (excluding diaryl/α,β-unsaturated/α-hetero) is 1. The van der Waals surface area contributed by atoms with Crippen LogP contribution in [0.1, 0.15) is 43.7 Å². The van der Waals surface area contributed by atoms with Crippen LogP contribution in [0.25, 0.3) is 0 Å². The summed E-state index contributed by atoms with van der Waals surface area (Å²) in [6, 6.07) is 3.36. The van der Waals surface area contributed by atoms with Crippen molar-refractivity contribution in [2.75, 3.05) is 12.4 Å². The summed E-state index contributed by atoms with van der Waals surface area (Å²) in [6.07, 6.45) is 1.05. The van der Waals surface area contributed by atoms with Gasteiger partial charge in [-0.15, -0.1) is 0 Å². The fraction of sp³-hybridized carbons (Fsp3) is 0.350. The second-order valence-corrected chi connectivity index (χ2v) is 9.40. The maximum atomic E-state index is 13.2. The predicted octanol–water partition coefficient (Wildman–Crippen LogP) is 4.11. The summed E-state index contributed by atoms with van der Waals surface area (Å²) in [4.78, 5) is 31.7. The smallest absolute Gasteiger partial charge is 0.257 e. The van der Waals surface area contributed by atoms with E-state index in [9.17, 15) is 14.7 Å². The molecule has 4 N–H and O–H groups in total. The Morgan fingerprint density at radius 3 is 2.66 bits per heavy atom. The number of carbonyl (C=O) groups is 1. The monoisotopic (exact) mass is 477 g/mol. The van der Waals surface area contributed by atoms with Crippen LogP contribution in [0.3, 0.4) is 0 Å². The van der Waals surface area contributed by atoms with Gasteiger partial charge in [0.05, 0.1) is 17.1 Å². The number of ether oxygens (including phenoxy) is 1. The third kappa shape index (κ3) is 3.32. The number of aromatic nitrogens is 2. The maximum Gasteiger partial charge on any atom is 0.257 e. The predicted molar refractivity (Wildman–Crippen MR) is 115 cm³/mol. The third-order valence-corrected chi connectivity index (χ3v) is 6.17. The molecule has 1 aliphatic heterocycles. The Labute approximate surface area is 180 Å². The summed E-state index contributed by atoms with van der Waals surface area (Å²) in [5.41, 5.74) is 1.82. The second-order valence-electron chi connectivity index (χ2n) is 8.14. The minimum absolute atomic E-state index is 0.00980. The van der Waals surface area contributed by atoms with Crippen LogP contribution in [-0.4, -0.2) is 28.0 Å². The highest BCUT2D eigenvalue weighted by Crippen LogP contribution is 2.49. The zero-order valence-electron chi connectivity index (χ0n) is 16.1. The normalized spacial score (nSPS) is 20.0. The van der Waals surface area contributed by atoms with E-state index < -0.39 is 5.92 Å². The van der Waals surface area contributed by atoms with Crippen LogP contribution in [0.2, 0.25) is 0 Å². The number of aromatic hydroxyl groups is 1. The number of ketones is 1. The van der Waals surface area contributed by atoms with Crippen molar-refractivity contribution in [1.29, 1.82) is 0 Å². The van der Waals surface area contributed by atoms with Crippen LogP contribution in [0, 0.1) is 10.2 Å². The van der Waals surface area contributed by atoms with E-state index in [2.05, 4.69) is 31.2 Å². The molecule has 1 unspecified atom stereocenters. The van der Waals surface area contributed by atoms with E-state index in [-0.39, 0.29) is 33.0 Å². The molecule has 2 aromatic rings. The zero-order valence-corrected chi connectivity index (χ0v) is 18.5. The molecule has 2 heterocycles. The number of phenols is 1. The van der Waals surface area contributed by atoms with Crippen LogP contribution >= 0.6 is 28.1 Å². The second kappa shape index (κ2) is 6.84. The highest BCUT2D eigenvalue weighted by Gasteiger charge is 2.42. The van der Waals surface area contributed by atoms with E-state index in [1.807, 2.05) is 13.8 Å². The van der Waals surface area contributed by atoms with Gasteiger partial charge in [-0.3, -0.25) is 14.6 Å². The molecule has 1 aromatic carbocycles. The van der Waals surface area contributed by atoms with Crippen LogP contribution in [0.15, 0.2) is 32.7 Å². The molecule has 9 heteroatoms. The number of aromatic amines is 2. The number of nitrogens with one attached hydrogen (secondary N) is 3. The number of allylic oxidation sites excluding steroid dienone is 2. The van der Waals surface area contributed by atoms with E-state index >= 15 is 0 Å². The molecule has 1 aromatic heterocycles. The molecule has 1 aliphatic carbocycles. The molecule has 0 saturated carbocycles. The SMILES string of the molecule is COc1cc(C2C3=C(CC(C)(C)CC3=O)Nc3[nH]c(=S)[nH]c(=O)c32)cc(Br)c1O. The number of H-pyrrole nitrogens is 2. The quantitative estimate of drug-likeness (QED) is 0.484. The largest absolute Gasteiger partial charge is 0.503 e. The lowest BCUT2D eigenvalue weighted by atomic mass is 9.69. The van der Waals surface area contributed by atoms with E-state index in [0.29, 0.717) is 39.8 Å². The molecule has 152 valence electrons. The number of methoxy groups -OCH3 is 1. The van der Waals surface area contributed by atoms with Gasteiger partial charge in [0.15, 0.2) is 22.1 Å². The van der Waals surface area contributed by atoms with Crippen molar-refractivity contribution in [3.05, 3.63) is 54.1 Å².